The highest BCUT2D eigenvalue weighted by Crippen LogP contribution is 2.24. The fourth-order valence-corrected chi connectivity index (χ4v) is 1.35. The molecule has 12 heavy (non-hydrogen) atoms. The SMILES string of the molecule is C=C1CCC(OC(N)=O)C(O)C1. The molecule has 0 heterocycles. The minimum absolute atomic E-state index is 0.451. The Hall–Kier alpha value is -1.03. The molecule has 1 fully saturated rings. The van der Waals surface area contributed by atoms with Crippen LogP contribution >= 0.6 is 0 Å². The van der Waals surface area contributed by atoms with Crippen molar-refractivity contribution in [2.75, 3.05) is 0 Å². The molecule has 4 nitrogen and oxygen atoms in total. The van der Waals surface area contributed by atoms with E-state index in [4.69, 9.17) is 10.5 Å². The molecule has 3 N–H and O–H groups in total. The summed E-state index contributed by atoms with van der Waals surface area (Å²) in [4.78, 5) is 10.4. The van der Waals surface area contributed by atoms with E-state index in [1.165, 1.54) is 0 Å². The van der Waals surface area contributed by atoms with E-state index in [1.807, 2.05) is 0 Å². The second-order valence-corrected chi connectivity index (χ2v) is 3.04. The first-order chi connectivity index (χ1) is 5.59. The number of carbonyl (C=O) groups is 1. The highest BCUT2D eigenvalue weighted by atomic mass is 16.6. The maximum Gasteiger partial charge on any atom is 0.404 e. The molecule has 0 spiro atoms. The predicted molar refractivity (Wildman–Crippen MR) is 43.5 cm³/mol. The van der Waals surface area contributed by atoms with Crippen LogP contribution in [0.25, 0.3) is 0 Å². The van der Waals surface area contributed by atoms with Crippen molar-refractivity contribution in [2.45, 2.75) is 31.5 Å². The van der Waals surface area contributed by atoms with Gasteiger partial charge in [0.2, 0.25) is 0 Å². The Morgan fingerprint density at radius 3 is 2.92 bits per heavy atom. The molecule has 2 unspecified atom stereocenters. The zero-order chi connectivity index (χ0) is 9.14. The Labute approximate surface area is 71.0 Å². The Bertz CT molecular complexity index is 202. The van der Waals surface area contributed by atoms with E-state index in [1.54, 1.807) is 0 Å². The van der Waals surface area contributed by atoms with Crippen LogP contribution < -0.4 is 5.73 Å². The van der Waals surface area contributed by atoms with Crippen molar-refractivity contribution in [1.29, 1.82) is 0 Å². The summed E-state index contributed by atoms with van der Waals surface area (Å²) >= 11 is 0. The van der Waals surface area contributed by atoms with Crippen molar-refractivity contribution in [3.63, 3.8) is 0 Å². The first-order valence-corrected chi connectivity index (χ1v) is 3.90. The molecule has 0 aromatic heterocycles. The van der Waals surface area contributed by atoms with E-state index < -0.39 is 18.3 Å². The van der Waals surface area contributed by atoms with E-state index in [9.17, 15) is 9.90 Å². The van der Waals surface area contributed by atoms with Crippen LogP contribution in [-0.4, -0.2) is 23.4 Å². The van der Waals surface area contributed by atoms with Crippen LogP contribution in [0.4, 0.5) is 4.79 Å². The van der Waals surface area contributed by atoms with Gasteiger partial charge in [0, 0.05) is 0 Å². The number of aliphatic hydroxyl groups is 1. The van der Waals surface area contributed by atoms with Crippen molar-refractivity contribution < 1.29 is 14.6 Å². The third-order valence-electron chi connectivity index (χ3n) is 1.98. The van der Waals surface area contributed by atoms with Gasteiger partial charge in [-0.1, -0.05) is 12.2 Å². The number of amides is 1. The van der Waals surface area contributed by atoms with Gasteiger partial charge in [0.05, 0.1) is 6.10 Å². The van der Waals surface area contributed by atoms with Gasteiger partial charge in [0.15, 0.2) is 0 Å². The molecule has 0 saturated heterocycles. The molecule has 4 heteroatoms. The van der Waals surface area contributed by atoms with Crippen LogP contribution in [0.1, 0.15) is 19.3 Å². The fourth-order valence-electron chi connectivity index (χ4n) is 1.35. The molecule has 0 aromatic carbocycles. The lowest BCUT2D eigenvalue weighted by Crippen LogP contribution is -2.36. The van der Waals surface area contributed by atoms with Crippen LogP contribution in [0, 0.1) is 0 Å². The summed E-state index contributed by atoms with van der Waals surface area (Å²) in [5, 5.41) is 9.39. The van der Waals surface area contributed by atoms with Gasteiger partial charge in [-0.2, -0.15) is 0 Å². The van der Waals surface area contributed by atoms with E-state index in [2.05, 4.69) is 6.58 Å². The van der Waals surface area contributed by atoms with Gasteiger partial charge in [0.25, 0.3) is 0 Å². The van der Waals surface area contributed by atoms with Crippen LogP contribution in [0.2, 0.25) is 0 Å². The number of primary amides is 1. The third-order valence-corrected chi connectivity index (χ3v) is 1.98. The first-order valence-electron chi connectivity index (χ1n) is 3.90. The lowest BCUT2D eigenvalue weighted by Gasteiger charge is -2.27. The summed E-state index contributed by atoms with van der Waals surface area (Å²) in [5.41, 5.74) is 5.82. The molecular weight excluding hydrogens is 158 g/mol. The molecule has 0 aromatic rings. The van der Waals surface area contributed by atoms with Crippen molar-refractivity contribution >= 4 is 6.09 Å². The monoisotopic (exact) mass is 171 g/mol. The molecule has 1 aliphatic carbocycles. The largest absolute Gasteiger partial charge is 0.444 e. The van der Waals surface area contributed by atoms with Gasteiger partial charge >= 0.3 is 6.09 Å². The molecule has 68 valence electrons. The van der Waals surface area contributed by atoms with E-state index in [-0.39, 0.29) is 0 Å². The Balaban J connectivity index is 2.45. The quantitative estimate of drug-likeness (QED) is 0.566. The maximum atomic E-state index is 10.4. The average molecular weight is 171 g/mol. The highest BCUT2D eigenvalue weighted by Gasteiger charge is 2.27. The van der Waals surface area contributed by atoms with Crippen LogP contribution in [-0.2, 0) is 4.74 Å². The molecule has 2 atom stereocenters. The Morgan fingerprint density at radius 1 is 1.75 bits per heavy atom. The van der Waals surface area contributed by atoms with Crippen LogP contribution in [0.5, 0.6) is 0 Å². The topological polar surface area (TPSA) is 72.5 Å². The van der Waals surface area contributed by atoms with E-state index in [0.717, 1.165) is 12.0 Å². The van der Waals surface area contributed by atoms with Crippen LogP contribution in [0.3, 0.4) is 0 Å². The average Bonchev–Trinajstić information content (AvgIpc) is 1.94. The summed E-state index contributed by atoms with van der Waals surface area (Å²) in [5.74, 6) is 0. The number of hydrogen-bond acceptors (Lipinski definition) is 3. The maximum absolute atomic E-state index is 10.4. The molecule has 0 radical (unpaired) electrons. The number of hydrogen-bond donors (Lipinski definition) is 2. The normalized spacial score (nSPS) is 29.9. The standard InChI is InChI=1S/C8H13NO3/c1-5-2-3-7(6(10)4-5)12-8(9)11/h6-7,10H,1-4H2,(H2,9,11). The minimum atomic E-state index is -0.827. The fraction of sp³-hybridized carbons (Fsp3) is 0.625. The van der Waals surface area contributed by atoms with Crippen molar-refractivity contribution in [2.24, 2.45) is 5.73 Å². The number of carbonyl (C=O) groups excluding carboxylic acids is 1. The van der Waals surface area contributed by atoms with Gasteiger partial charge in [-0.25, -0.2) is 4.79 Å². The molecule has 1 saturated carbocycles. The van der Waals surface area contributed by atoms with Crippen molar-refractivity contribution in [3.05, 3.63) is 12.2 Å². The van der Waals surface area contributed by atoms with Gasteiger partial charge in [-0.15, -0.1) is 0 Å². The summed E-state index contributed by atoms with van der Waals surface area (Å²) < 4.78 is 4.70. The number of ether oxygens (including phenoxy) is 1. The molecule has 1 rings (SSSR count). The zero-order valence-corrected chi connectivity index (χ0v) is 6.82. The van der Waals surface area contributed by atoms with E-state index in [0.29, 0.717) is 12.8 Å². The Kier molecular flexibility index (Phi) is 2.70. The number of nitrogens with two attached hydrogens (primary N) is 1. The zero-order valence-electron chi connectivity index (χ0n) is 6.82. The summed E-state index contributed by atoms with van der Waals surface area (Å²) in [6.07, 6.45) is -0.0195. The molecule has 1 aliphatic rings. The predicted octanol–water partition coefficient (Wildman–Crippen LogP) is 0.551. The van der Waals surface area contributed by atoms with E-state index >= 15 is 0 Å². The summed E-state index contributed by atoms with van der Waals surface area (Å²) in [7, 11) is 0. The van der Waals surface area contributed by atoms with Gasteiger partial charge < -0.3 is 15.6 Å². The smallest absolute Gasteiger partial charge is 0.404 e. The third kappa shape index (κ3) is 2.23. The molecule has 0 bridgehead atoms. The van der Waals surface area contributed by atoms with Crippen molar-refractivity contribution in [3.8, 4) is 0 Å². The summed E-state index contributed by atoms with van der Waals surface area (Å²) in [6, 6.07) is 0. The second kappa shape index (κ2) is 3.58. The minimum Gasteiger partial charge on any atom is -0.444 e. The van der Waals surface area contributed by atoms with Gasteiger partial charge in [0.1, 0.15) is 6.10 Å². The second-order valence-electron chi connectivity index (χ2n) is 3.04. The highest BCUT2D eigenvalue weighted by molar-refractivity contribution is 5.64. The Morgan fingerprint density at radius 2 is 2.42 bits per heavy atom. The van der Waals surface area contributed by atoms with Crippen LogP contribution in [0.15, 0.2) is 12.2 Å². The first kappa shape index (κ1) is 9.06. The summed E-state index contributed by atoms with van der Waals surface area (Å²) in [6.45, 7) is 3.75. The van der Waals surface area contributed by atoms with Crippen molar-refractivity contribution in [1.82, 2.24) is 0 Å². The molecular formula is C8H13NO3. The van der Waals surface area contributed by atoms with Gasteiger partial charge in [-0.05, 0) is 19.3 Å². The number of aliphatic hydroxyl groups excluding tert-OH is 1. The molecule has 1 amide bonds. The molecule has 0 aliphatic heterocycles. The lowest BCUT2D eigenvalue weighted by atomic mass is 9.91. The van der Waals surface area contributed by atoms with Gasteiger partial charge in [-0.3, -0.25) is 0 Å². The number of rotatable bonds is 1. The lowest BCUT2D eigenvalue weighted by molar-refractivity contribution is -0.00697.